The van der Waals surface area contributed by atoms with E-state index in [0.29, 0.717) is 10.6 Å². The summed E-state index contributed by atoms with van der Waals surface area (Å²) in [7, 11) is 0. The molecule has 3 aliphatic rings. The lowest BCUT2D eigenvalue weighted by molar-refractivity contribution is -0.126. The van der Waals surface area contributed by atoms with Gasteiger partial charge >= 0.3 is 0 Å². The Hall–Kier alpha value is -4.20. The lowest BCUT2D eigenvalue weighted by Gasteiger charge is -2.62. The third-order valence-corrected chi connectivity index (χ3v) is 9.59. The molecule has 4 aromatic heterocycles. The van der Waals surface area contributed by atoms with E-state index in [9.17, 15) is 15.2 Å². The number of amides is 1. The van der Waals surface area contributed by atoms with Crippen molar-refractivity contribution in [1.82, 2.24) is 24.9 Å². The summed E-state index contributed by atoms with van der Waals surface area (Å²) < 4.78 is 1.79. The molecule has 2 aliphatic heterocycles. The summed E-state index contributed by atoms with van der Waals surface area (Å²) in [6, 6.07) is 11.8. The van der Waals surface area contributed by atoms with Crippen LogP contribution in [-0.2, 0) is 0 Å². The van der Waals surface area contributed by atoms with Crippen LogP contribution in [0.3, 0.4) is 0 Å². The van der Waals surface area contributed by atoms with E-state index in [2.05, 4.69) is 50.3 Å². The average molecular weight is 597 g/mol. The van der Waals surface area contributed by atoms with Crippen LogP contribution in [0.25, 0.3) is 16.6 Å². The fraction of sp³-hybridized carbons (Fsp3) is 0.406. The molecular weight excluding hydrogens is 564 g/mol. The molecule has 3 fully saturated rings. The molecule has 2 saturated heterocycles. The molecule has 6 heterocycles. The maximum Gasteiger partial charge on any atom is 0.271 e. The number of aromatic nitrogens is 4. The highest BCUT2D eigenvalue weighted by atomic mass is 35.5. The molecule has 220 valence electrons. The van der Waals surface area contributed by atoms with Gasteiger partial charge in [-0.2, -0.15) is 10.4 Å². The molecule has 7 rings (SSSR count). The van der Waals surface area contributed by atoms with E-state index >= 15 is 0 Å². The fourth-order valence-electron chi connectivity index (χ4n) is 7.29. The largest absolute Gasteiger partial charge is 0.390 e. The van der Waals surface area contributed by atoms with Gasteiger partial charge < -0.3 is 20.2 Å². The molecule has 1 amide bonds. The van der Waals surface area contributed by atoms with Crippen molar-refractivity contribution in [2.24, 2.45) is 5.41 Å². The van der Waals surface area contributed by atoms with E-state index in [4.69, 9.17) is 16.6 Å². The van der Waals surface area contributed by atoms with Crippen molar-refractivity contribution < 1.29 is 9.90 Å². The van der Waals surface area contributed by atoms with Gasteiger partial charge in [-0.05, 0) is 69.9 Å². The number of halogens is 1. The van der Waals surface area contributed by atoms with Gasteiger partial charge in [-0.1, -0.05) is 11.6 Å². The predicted octanol–water partition coefficient (Wildman–Crippen LogP) is 4.46. The standard InChI is InChI=1S/C32H33ClN8O2/c1-30(38-29(42)27-25(33)4-3-9-35-27)7-10-39(11-8-30)26-6-5-21(14-36-26)24-12-23(16-41-28(24)22(13-34)15-37-41)40-19-32(20-40)17-31(2,43)18-32/h3-6,9,12,14-16,43H,7-8,10-11,17-20H2,1-2H3,(H,38,42). The summed E-state index contributed by atoms with van der Waals surface area (Å²) in [5.74, 6) is 0.606. The van der Waals surface area contributed by atoms with Crippen LogP contribution in [-0.4, -0.2) is 67.9 Å². The van der Waals surface area contributed by atoms with Gasteiger partial charge in [-0.3, -0.25) is 4.79 Å². The first-order valence-electron chi connectivity index (χ1n) is 14.6. The molecule has 0 bridgehead atoms. The van der Waals surface area contributed by atoms with Gasteiger partial charge in [0, 0.05) is 60.7 Å². The second-order valence-electron chi connectivity index (χ2n) is 13.0. The van der Waals surface area contributed by atoms with Crippen LogP contribution >= 0.6 is 11.6 Å². The first-order chi connectivity index (χ1) is 20.6. The molecule has 2 N–H and O–H groups in total. The van der Waals surface area contributed by atoms with Crippen LogP contribution in [0.1, 0.15) is 55.6 Å². The summed E-state index contributed by atoms with van der Waals surface area (Å²) in [6.07, 6.45) is 10.2. The molecule has 0 atom stereocenters. The van der Waals surface area contributed by atoms with Crippen molar-refractivity contribution in [3.63, 3.8) is 0 Å². The second-order valence-corrected chi connectivity index (χ2v) is 13.4. The Labute approximate surface area is 254 Å². The Bertz CT molecular complexity index is 1750. The van der Waals surface area contributed by atoms with E-state index < -0.39 is 5.60 Å². The number of carbonyl (C=O) groups is 1. The van der Waals surface area contributed by atoms with E-state index in [1.54, 1.807) is 29.0 Å². The van der Waals surface area contributed by atoms with E-state index in [1.807, 2.05) is 25.4 Å². The molecule has 1 spiro atoms. The summed E-state index contributed by atoms with van der Waals surface area (Å²) in [5.41, 5.74) is 3.66. The summed E-state index contributed by atoms with van der Waals surface area (Å²) in [5, 5.41) is 28.0. The first-order valence-corrected chi connectivity index (χ1v) is 15.0. The number of hydrogen-bond acceptors (Lipinski definition) is 8. The summed E-state index contributed by atoms with van der Waals surface area (Å²) in [6.45, 7) is 7.25. The average Bonchev–Trinajstić information content (AvgIpc) is 3.38. The zero-order valence-corrected chi connectivity index (χ0v) is 25.0. The van der Waals surface area contributed by atoms with Crippen molar-refractivity contribution in [2.45, 2.75) is 50.7 Å². The van der Waals surface area contributed by atoms with E-state index in [-0.39, 0.29) is 22.6 Å². The van der Waals surface area contributed by atoms with Crippen molar-refractivity contribution in [2.75, 3.05) is 36.0 Å². The Morgan fingerprint density at radius 3 is 2.51 bits per heavy atom. The zero-order chi connectivity index (χ0) is 30.0. The molecule has 0 unspecified atom stereocenters. The van der Waals surface area contributed by atoms with Crippen LogP contribution in [0.4, 0.5) is 11.5 Å². The number of piperidine rings is 1. The van der Waals surface area contributed by atoms with Gasteiger partial charge in [0.25, 0.3) is 5.91 Å². The maximum atomic E-state index is 12.8. The normalized spacial score (nSPS) is 19.9. The molecule has 0 aromatic carbocycles. The lowest BCUT2D eigenvalue weighted by atomic mass is 9.56. The third kappa shape index (κ3) is 4.96. The summed E-state index contributed by atoms with van der Waals surface area (Å²) in [4.78, 5) is 26.3. The van der Waals surface area contributed by atoms with Gasteiger partial charge in [0.2, 0.25) is 0 Å². The Balaban J connectivity index is 1.07. The zero-order valence-electron chi connectivity index (χ0n) is 24.2. The van der Waals surface area contributed by atoms with Gasteiger partial charge in [0.15, 0.2) is 0 Å². The van der Waals surface area contributed by atoms with Crippen LogP contribution in [0, 0.1) is 16.7 Å². The smallest absolute Gasteiger partial charge is 0.271 e. The van der Waals surface area contributed by atoms with Crippen molar-refractivity contribution in [3.8, 4) is 17.2 Å². The second kappa shape index (κ2) is 9.93. The number of carbonyl (C=O) groups excluding carboxylic acids is 1. The minimum Gasteiger partial charge on any atom is -0.390 e. The minimum atomic E-state index is -0.548. The number of fused-ring (bicyclic) bond motifs is 1. The van der Waals surface area contributed by atoms with Gasteiger partial charge in [-0.15, -0.1) is 0 Å². The van der Waals surface area contributed by atoms with Gasteiger partial charge in [0.05, 0.1) is 39.8 Å². The monoisotopic (exact) mass is 596 g/mol. The SMILES string of the molecule is CC1(O)CC2(CN(c3cc(-c4ccc(N5CCC(C)(NC(=O)c6ncccc6Cl)CC5)nc4)c4c(C#N)cnn4c3)C2)C1. The quantitative estimate of drug-likeness (QED) is 0.346. The minimum absolute atomic E-state index is 0.197. The number of anilines is 2. The molecule has 11 heteroatoms. The summed E-state index contributed by atoms with van der Waals surface area (Å²) >= 11 is 6.18. The fourth-order valence-corrected chi connectivity index (χ4v) is 7.50. The number of nitrogens with one attached hydrogen (secondary N) is 1. The number of nitriles is 1. The number of hydrogen-bond donors (Lipinski definition) is 2. The first kappa shape index (κ1) is 27.6. The molecule has 0 radical (unpaired) electrons. The molecule has 43 heavy (non-hydrogen) atoms. The molecule has 1 saturated carbocycles. The van der Waals surface area contributed by atoms with Crippen LogP contribution in [0.2, 0.25) is 5.02 Å². The highest BCUT2D eigenvalue weighted by molar-refractivity contribution is 6.33. The van der Waals surface area contributed by atoms with Gasteiger partial charge in [0.1, 0.15) is 17.6 Å². The van der Waals surface area contributed by atoms with Gasteiger partial charge in [-0.25, -0.2) is 14.5 Å². The molecular formula is C32H33ClN8O2. The topological polar surface area (TPSA) is 123 Å². The Morgan fingerprint density at radius 2 is 1.86 bits per heavy atom. The highest BCUT2D eigenvalue weighted by Crippen LogP contribution is 2.55. The maximum absolute atomic E-state index is 12.8. The molecule has 10 nitrogen and oxygen atoms in total. The highest BCUT2D eigenvalue weighted by Gasteiger charge is 2.57. The van der Waals surface area contributed by atoms with Crippen molar-refractivity contribution >= 4 is 34.5 Å². The molecule has 1 aliphatic carbocycles. The Kier molecular flexibility index (Phi) is 6.38. The van der Waals surface area contributed by atoms with Crippen molar-refractivity contribution in [1.29, 1.82) is 5.26 Å². The number of rotatable bonds is 5. The lowest BCUT2D eigenvalue weighted by Crippen LogP contribution is -2.67. The van der Waals surface area contributed by atoms with Crippen LogP contribution in [0.15, 0.2) is 55.1 Å². The number of pyridine rings is 3. The Morgan fingerprint density at radius 1 is 1.09 bits per heavy atom. The predicted molar refractivity (Wildman–Crippen MR) is 164 cm³/mol. The van der Waals surface area contributed by atoms with E-state index in [0.717, 1.165) is 80.0 Å². The van der Waals surface area contributed by atoms with E-state index in [1.165, 1.54) is 0 Å². The van der Waals surface area contributed by atoms with Crippen LogP contribution in [0.5, 0.6) is 0 Å². The number of aliphatic hydroxyl groups is 1. The number of nitrogens with zero attached hydrogens (tertiary/aromatic N) is 7. The van der Waals surface area contributed by atoms with Crippen molar-refractivity contribution in [3.05, 3.63) is 71.4 Å². The van der Waals surface area contributed by atoms with Crippen LogP contribution < -0.4 is 15.1 Å². The molecule has 4 aromatic rings. The third-order valence-electron chi connectivity index (χ3n) is 9.29.